The molecule has 0 bridgehead atoms. The minimum absolute atomic E-state index is 0.331. The van der Waals surface area contributed by atoms with Crippen LogP contribution in [0, 0.1) is 3.57 Å². The van der Waals surface area contributed by atoms with Gasteiger partial charge in [-0.3, -0.25) is 0 Å². The molecule has 0 fully saturated rings. The molecular formula is C13H10Cl2IN3O. The van der Waals surface area contributed by atoms with Gasteiger partial charge in [0.25, 0.3) is 0 Å². The molecule has 2 N–H and O–H groups in total. The van der Waals surface area contributed by atoms with E-state index in [1.165, 1.54) is 0 Å². The van der Waals surface area contributed by atoms with E-state index >= 15 is 0 Å². The molecule has 4 nitrogen and oxygen atoms in total. The summed E-state index contributed by atoms with van der Waals surface area (Å²) >= 11 is 13.9. The molecule has 1 aromatic carbocycles. The maximum Gasteiger partial charge on any atom is 0.319 e. The van der Waals surface area contributed by atoms with E-state index in [1.54, 1.807) is 30.5 Å². The van der Waals surface area contributed by atoms with Gasteiger partial charge in [0.15, 0.2) is 0 Å². The van der Waals surface area contributed by atoms with Crippen molar-refractivity contribution in [3.05, 3.63) is 55.8 Å². The van der Waals surface area contributed by atoms with Crippen molar-refractivity contribution in [1.29, 1.82) is 0 Å². The quantitative estimate of drug-likeness (QED) is 0.572. The van der Waals surface area contributed by atoms with Crippen LogP contribution in [0.15, 0.2) is 36.5 Å². The van der Waals surface area contributed by atoms with Crippen LogP contribution in [0.2, 0.25) is 10.2 Å². The summed E-state index contributed by atoms with van der Waals surface area (Å²) in [5.74, 6) is 0. The van der Waals surface area contributed by atoms with Crippen LogP contribution in [0.5, 0.6) is 0 Å². The predicted octanol–water partition coefficient (Wildman–Crippen LogP) is 4.31. The van der Waals surface area contributed by atoms with Gasteiger partial charge in [-0.2, -0.15) is 0 Å². The van der Waals surface area contributed by atoms with Gasteiger partial charge >= 0.3 is 6.03 Å². The highest BCUT2D eigenvalue weighted by atomic mass is 127. The Balaban J connectivity index is 1.90. The van der Waals surface area contributed by atoms with E-state index in [9.17, 15) is 4.79 Å². The Morgan fingerprint density at radius 2 is 2.05 bits per heavy atom. The molecule has 1 aromatic heterocycles. The summed E-state index contributed by atoms with van der Waals surface area (Å²) in [7, 11) is 0. The first-order chi connectivity index (χ1) is 9.54. The van der Waals surface area contributed by atoms with E-state index < -0.39 is 0 Å². The average molecular weight is 422 g/mol. The molecule has 0 aliphatic rings. The molecule has 7 heteroatoms. The van der Waals surface area contributed by atoms with Gasteiger partial charge in [0.1, 0.15) is 5.15 Å². The number of pyridine rings is 1. The first-order valence-corrected chi connectivity index (χ1v) is 7.48. The standard InChI is InChI=1S/C13H10Cl2IN3O/c14-10-5-9(16)2-3-11(10)19-13(20)18-7-8-1-4-12(15)17-6-8/h1-6H,7H2,(H2,18,19,20). The Morgan fingerprint density at radius 3 is 2.70 bits per heavy atom. The predicted molar refractivity (Wildman–Crippen MR) is 89.3 cm³/mol. The number of nitrogens with zero attached hydrogens (tertiary/aromatic N) is 1. The molecule has 0 saturated heterocycles. The third-order valence-corrected chi connectivity index (χ3v) is 3.63. The Bertz CT molecular complexity index is 620. The SMILES string of the molecule is O=C(NCc1ccc(Cl)nc1)Nc1ccc(I)cc1Cl. The number of carbonyl (C=O) groups excluding carboxylic acids is 1. The van der Waals surface area contributed by atoms with Gasteiger partial charge in [-0.05, 0) is 52.4 Å². The van der Waals surface area contributed by atoms with Crippen LogP contribution in [0.3, 0.4) is 0 Å². The van der Waals surface area contributed by atoms with Crippen LogP contribution in [0.1, 0.15) is 5.56 Å². The van der Waals surface area contributed by atoms with Crippen LogP contribution in [0.25, 0.3) is 0 Å². The molecule has 0 spiro atoms. The molecule has 0 unspecified atom stereocenters. The Labute approximate surface area is 140 Å². The van der Waals surface area contributed by atoms with E-state index in [1.807, 2.05) is 6.07 Å². The van der Waals surface area contributed by atoms with Crippen molar-refractivity contribution in [2.45, 2.75) is 6.54 Å². The van der Waals surface area contributed by atoms with Crippen LogP contribution in [-0.2, 0) is 6.54 Å². The highest BCUT2D eigenvalue weighted by Gasteiger charge is 2.06. The second-order valence-corrected chi connectivity index (χ2v) is 5.96. The molecule has 1 heterocycles. The second-order valence-electron chi connectivity index (χ2n) is 3.92. The highest BCUT2D eigenvalue weighted by Crippen LogP contribution is 2.23. The summed E-state index contributed by atoms with van der Waals surface area (Å²) in [6.45, 7) is 0.359. The number of urea groups is 1. The van der Waals surface area contributed by atoms with Gasteiger partial charge in [-0.15, -0.1) is 0 Å². The van der Waals surface area contributed by atoms with E-state index in [0.717, 1.165) is 9.13 Å². The van der Waals surface area contributed by atoms with Crippen LogP contribution in [0.4, 0.5) is 10.5 Å². The lowest BCUT2D eigenvalue weighted by atomic mass is 10.3. The number of halogens is 3. The summed E-state index contributed by atoms with van der Waals surface area (Å²) in [6, 6.07) is 8.54. The van der Waals surface area contributed by atoms with Crippen LogP contribution >= 0.6 is 45.8 Å². The van der Waals surface area contributed by atoms with Crippen molar-refractivity contribution in [1.82, 2.24) is 10.3 Å². The zero-order valence-electron chi connectivity index (χ0n) is 10.2. The van der Waals surface area contributed by atoms with Crippen LogP contribution in [-0.4, -0.2) is 11.0 Å². The monoisotopic (exact) mass is 421 g/mol. The number of hydrogen-bond acceptors (Lipinski definition) is 2. The van der Waals surface area contributed by atoms with Crippen molar-refractivity contribution in [3.63, 3.8) is 0 Å². The first-order valence-electron chi connectivity index (χ1n) is 5.65. The summed E-state index contributed by atoms with van der Waals surface area (Å²) in [6.07, 6.45) is 1.61. The Morgan fingerprint density at radius 1 is 1.25 bits per heavy atom. The summed E-state index contributed by atoms with van der Waals surface area (Å²) in [5.41, 5.74) is 1.43. The fourth-order valence-corrected chi connectivity index (χ4v) is 2.47. The minimum atomic E-state index is -0.331. The average Bonchev–Trinajstić information content (AvgIpc) is 2.41. The number of nitrogens with one attached hydrogen (secondary N) is 2. The fourth-order valence-electron chi connectivity index (χ4n) is 1.45. The topological polar surface area (TPSA) is 54.0 Å². The van der Waals surface area contributed by atoms with E-state index in [2.05, 4.69) is 38.2 Å². The molecule has 0 aliphatic carbocycles. The lowest BCUT2D eigenvalue weighted by Crippen LogP contribution is -2.28. The number of anilines is 1. The molecule has 2 rings (SSSR count). The lowest BCUT2D eigenvalue weighted by molar-refractivity contribution is 0.251. The summed E-state index contributed by atoms with van der Waals surface area (Å²) in [4.78, 5) is 15.7. The van der Waals surface area contributed by atoms with Crippen molar-refractivity contribution < 1.29 is 4.79 Å². The van der Waals surface area contributed by atoms with Crippen LogP contribution < -0.4 is 10.6 Å². The number of hydrogen-bond donors (Lipinski definition) is 2. The van der Waals surface area contributed by atoms with Crippen molar-refractivity contribution in [2.24, 2.45) is 0 Å². The molecule has 0 atom stereocenters. The smallest absolute Gasteiger partial charge is 0.319 e. The maximum absolute atomic E-state index is 11.8. The largest absolute Gasteiger partial charge is 0.334 e. The van der Waals surface area contributed by atoms with Gasteiger partial charge in [0.2, 0.25) is 0 Å². The molecule has 0 aliphatic heterocycles. The van der Waals surface area contributed by atoms with Gasteiger partial charge in [-0.25, -0.2) is 9.78 Å². The van der Waals surface area contributed by atoms with Crippen molar-refractivity contribution in [3.8, 4) is 0 Å². The number of aromatic nitrogens is 1. The number of rotatable bonds is 3. The molecular weight excluding hydrogens is 412 g/mol. The molecule has 2 aromatic rings. The van der Waals surface area contributed by atoms with Gasteiger partial charge < -0.3 is 10.6 Å². The van der Waals surface area contributed by atoms with E-state index in [-0.39, 0.29) is 6.03 Å². The molecule has 104 valence electrons. The zero-order chi connectivity index (χ0) is 14.5. The minimum Gasteiger partial charge on any atom is -0.334 e. The Kier molecular flexibility index (Phi) is 5.45. The number of benzene rings is 1. The molecule has 0 saturated carbocycles. The third kappa shape index (κ3) is 4.50. The molecule has 0 radical (unpaired) electrons. The normalized spacial score (nSPS) is 10.2. The number of amides is 2. The van der Waals surface area contributed by atoms with E-state index in [4.69, 9.17) is 23.2 Å². The van der Waals surface area contributed by atoms with Gasteiger partial charge in [0, 0.05) is 16.3 Å². The van der Waals surface area contributed by atoms with Gasteiger partial charge in [-0.1, -0.05) is 29.3 Å². The fraction of sp³-hybridized carbons (Fsp3) is 0.0769. The summed E-state index contributed by atoms with van der Waals surface area (Å²) < 4.78 is 1.01. The second kappa shape index (κ2) is 7.10. The third-order valence-electron chi connectivity index (χ3n) is 2.42. The van der Waals surface area contributed by atoms with Crippen molar-refractivity contribution >= 4 is 57.5 Å². The summed E-state index contributed by atoms with van der Waals surface area (Å²) in [5, 5.41) is 6.32. The maximum atomic E-state index is 11.8. The van der Waals surface area contributed by atoms with E-state index in [0.29, 0.717) is 22.4 Å². The molecule has 20 heavy (non-hydrogen) atoms. The highest BCUT2D eigenvalue weighted by molar-refractivity contribution is 14.1. The first kappa shape index (κ1) is 15.3. The Hall–Kier alpha value is -1.05. The van der Waals surface area contributed by atoms with Gasteiger partial charge in [0.05, 0.1) is 10.7 Å². The van der Waals surface area contributed by atoms with Crippen molar-refractivity contribution in [2.75, 3.05) is 5.32 Å². The zero-order valence-corrected chi connectivity index (χ0v) is 13.8. The number of carbonyl (C=O) groups is 1. The molecule has 2 amide bonds. The lowest BCUT2D eigenvalue weighted by Gasteiger charge is -2.09.